The second-order valence-corrected chi connectivity index (χ2v) is 6.13. The highest BCUT2D eigenvalue weighted by Gasteiger charge is 2.08. The number of methoxy groups -OCH3 is 1. The molecule has 3 rings (SSSR count). The Hall–Kier alpha value is -3.27. The van der Waals surface area contributed by atoms with Crippen LogP contribution in [0.2, 0.25) is 0 Å². The van der Waals surface area contributed by atoms with E-state index in [4.69, 9.17) is 9.47 Å². The maximum atomic E-state index is 12.1. The van der Waals surface area contributed by atoms with Crippen molar-refractivity contribution in [3.8, 4) is 11.5 Å². The van der Waals surface area contributed by atoms with Gasteiger partial charge in [-0.05, 0) is 41.8 Å². The van der Waals surface area contributed by atoms with Crippen molar-refractivity contribution in [2.45, 2.75) is 13.0 Å². The summed E-state index contributed by atoms with van der Waals surface area (Å²) in [5.41, 5.74) is 2.84. The lowest BCUT2D eigenvalue weighted by Crippen LogP contribution is -2.25. The molecule has 3 aromatic carbocycles. The van der Waals surface area contributed by atoms with Gasteiger partial charge in [-0.3, -0.25) is 4.79 Å². The van der Waals surface area contributed by atoms with E-state index in [0.717, 1.165) is 11.1 Å². The molecule has 0 atom stereocenters. The lowest BCUT2D eigenvalue weighted by Gasteiger charge is -2.13. The Kier molecular flexibility index (Phi) is 6.47. The van der Waals surface area contributed by atoms with E-state index in [0.29, 0.717) is 36.6 Å². The standard InChI is InChI=1S/C23H23NO3/c1-26-21-13-12-18(14-15-24-23(25)20-10-6-3-7-11-20)16-22(21)27-17-19-8-4-2-5-9-19/h2-13,16H,14-15,17H2,1H3,(H,24,25). The molecule has 27 heavy (non-hydrogen) atoms. The van der Waals surface area contributed by atoms with Gasteiger partial charge in [0.15, 0.2) is 11.5 Å². The number of hydrogen-bond acceptors (Lipinski definition) is 3. The van der Waals surface area contributed by atoms with Crippen LogP contribution in [-0.4, -0.2) is 19.6 Å². The number of rotatable bonds is 8. The summed E-state index contributed by atoms with van der Waals surface area (Å²) in [5.74, 6) is 1.33. The van der Waals surface area contributed by atoms with Crippen LogP contribution >= 0.6 is 0 Å². The lowest BCUT2D eigenvalue weighted by molar-refractivity contribution is 0.0954. The SMILES string of the molecule is COc1ccc(CCNC(=O)c2ccccc2)cc1OCc1ccccc1. The minimum Gasteiger partial charge on any atom is -0.493 e. The molecule has 0 saturated carbocycles. The van der Waals surface area contributed by atoms with E-state index in [2.05, 4.69) is 5.32 Å². The van der Waals surface area contributed by atoms with Crippen LogP contribution in [0.5, 0.6) is 11.5 Å². The molecular weight excluding hydrogens is 338 g/mol. The molecule has 1 N–H and O–H groups in total. The second-order valence-electron chi connectivity index (χ2n) is 6.13. The number of nitrogens with one attached hydrogen (secondary N) is 1. The molecule has 0 aliphatic rings. The van der Waals surface area contributed by atoms with Crippen LogP contribution in [0.3, 0.4) is 0 Å². The fraction of sp³-hybridized carbons (Fsp3) is 0.174. The highest BCUT2D eigenvalue weighted by molar-refractivity contribution is 5.94. The largest absolute Gasteiger partial charge is 0.493 e. The van der Waals surface area contributed by atoms with E-state index in [9.17, 15) is 4.79 Å². The predicted octanol–water partition coefficient (Wildman–Crippen LogP) is 4.25. The summed E-state index contributed by atoms with van der Waals surface area (Å²) in [6.45, 7) is 1.03. The van der Waals surface area contributed by atoms with Crippen molar-refractivity contribution < 1.29 is 14.3 Å². The Balaban J connectivity index is 1.58. The molecule has 1 amide bonds. The molecule has 4 heteroatoms. The number of benzene rings is 3. The molecule has 0 radical (unpaired) electrons. The molecule has 138 valence electrons. The zero-order chi connectivity index (χ0) is 18.9. The summed E-state index contributed by atoms with van der Waals surface area (Å²) in [5, 5.41) is 2.94. The van der Waals surface area contributed by atoms with Gasteiger partial charge in [0, 0.05) is 12.1 Å². The number of carbonyl (C=O) groups is 1. The van der Waals surface area contributed by atoms with Crippen LogP contribution in [0.1, 0.15) is 21.5 Å². The number of carbonyl (C=O) groups excluding carboxylic acids is 1. The van der Waals surface area contributed by atoms with Gasteiger partial charge in [-0.25, -0.2) is 0 Å². The average molecular weight is 361 g/mol. The maximum Gasteiger partial charge on any atom is 0.251 e. The molecule has 0 heterocycles. The first kappa shape index (κ1) is 18.5. The second kappa shape index (κ2) is 9.43. The van der Waals surface area contributed by atoms with Crippen LogP contribution in [0.15, 0.2) is 78.9 Å². The fourth-order valence-corrected chi connectivity index (χ4v) is 2.74. The van der Waals surface area contributed by atoms with E-state index >= 15 is 0 Å². The Labute approximate surface area is 159 Å². The van der Waals surface area contributed by atoms with E-state index in [1.165, 1.54) is 0 Å². The zero-order valence-electron chi connectivity index (χ0n) is 15.4. The van der Waals surface area contributed by atoms with Crippen molar-refractivity contribution in [3.05, 3.63) is 95.6 Å². The number of hydrogen-bond donors (Lipinski definition) is 1. The van der Waals surface area contributed by atoms with E-state index in [-0.39, 0.29) is 5.91 Å². The van der Waals surface area contributed by atoms with Crippen LogP contribution in [-0.2, 0) is 13.0 Å². The first-order valence-corrected chi connectivity index (χ1v) is 8.93. The Morgan fingerprint density at radius 3 is 2.26 bits per heavy atom. The van der Waals surface area contributed by atoms with Crippen molar-refractivity contribution in [2.75, 3.05) is 13.7 Å². The van der Waals surface area contributed by atoms with Crippen LogP contribution in [0.25, 0.3) is 0 Å². The van der Waals surface area contributed by atoms with Gasteiger partial charge >= 0.3 is 0 Å². The van der Waals surface area contributed by atoms with Gasteiger partial charge in [0.1, 0.15) is 6.61 Å². The van der Waals surface area contributed by atoms with Crippen molar-refractivity contribution in [2.24, 2.45) is 0 Å². The third kappa shape index (κ3) is 5.35. The lowest BCUT2D eigenvalue weighted by atomic mass is 10.1. The van der Waals surface area contributed by atoms with Crippen molar-refractivity contribution in [1.82, 2.24) is 5.32 Å². The van der Waals surface area contributed by atoms with Crippen molar-refractivity contribution in [1.29, 1.82) is 0 Å². The van der Waals surface area contributed by atoms with Gasteiger partial charge in [0.05, 0.1) is 7.11 Å². The van der Waals surface area contributed by atoms with E-state index < -0.39 is 0 Å². The minimum atomic E-state index is -0.0651. The summed E-state index contributed by atoms with van der Waals surface area (Å²) >= 11 is 0. The summed E-state index contributed by atoms with van der Waals surface area (Å²) < 4.78 is 11.3. The Morgan fingerprint density at radius 2 is 1.56 bits per heavy atom. The monoisotopic (exact) mass is 361 g/mol. The van der Waals surface area contributed by atoms with E-state index in [1.807, 2.05) is 66.7 Å². The highest BCUT2D eigenvalue weighted by atomic mass is 16.5. The third-order valence-corrected chi connectivity index (χ3v) is 4.20. The first-order valence-electron chi connectivity index (χ1n) is 8.93. The molecule has 4 nitrogen and oxygen atoms in total. The molecule has 0 bridgehead atoms. The molecule has 3 aromatic rings. The summed E-state index contributed by atoms with van der Waals surface area (Å²) in [6, 6.07) is 25.1. The predicted molar refractivity (Wildman–Crippen MR) is 106 cm³/mol. The van der Waals surface area contributed by atoms with Gasteiger partial charge in [0.25, 0.3) is 5.91 Å². The quantitative estimate of drug-likeness (QED) is 0.653. The first-order chi connectivity index (χ1) is 13.3. The zero-order valence-corrected chi connectivity index (χ0v) is 15.4. The molecule has 0 saturated heterocycles. The van der Waals surface area contributed by atoms with Gasteiger partial charge in [-0.15, -0.1) is 0 Å². The normalized spacial score (nSPS) is 10.3. The summed E-state index contributed by atoms with van der Waals surface area (Å²) in [6.07, 6.45) is 0.713. The molecule has 0 aliphatic carbocycles. The number of ether oxygens (including phenoxy) is 2. The van der Waals surface area contributed by atoms with Gasteiger partial charge < -0.3 is 14.8 Å². The molecule has 0 fully saturated rings. The van der Waals surface area contributed by atoms with Gasteiger partial charge in [-0.2, -0.15) is 0 Å². The average Bonchev–Trinajstić information content (AvgIpc) is 2.73. The Bertz CT molecular complexity index is 863. The topological polar surface area (TPSA) is 47.6 Å². The van der Waals surface area contributed by atoms with Crippen LogP contribution in [0.4, 0.5) is 0 Å². The molecular formula is C23H23NO3. The molecule has 0 spiro atoms. The van der Waals surface area contributed by atoms with Crippen LogP contribution < -0.4 is 14.8 Å². The highest BCUT2D eigenvalue weighted by Crippen LogP contribution is 2.29. The minimum absolute atomic E-state index is 0.0651. The van der Waals surface area contributed by atoms with Crippen molar-refractivity contribution >= 4 is 5.91 Å². The molecule has 0 unspecified atom stereocenters. The maximum absolute atomic E-state index is 12.1. The summed E-state index contributed by atoms with van der Waals surface area (Å²) in [7, 11) is 1.63. The van der Waals surface area contributed by atoms with Crippen molar-refractivity contribution in [3.63, 3.8) is 0 Å². The van der Waals surface area contributed by atoms with Gasteiger partial charge in [0.2, 0.25) is 0 Å². The summed E-state index contributed by atoms with van der Waals surface area (Å²) in [4.78, 5) is 12.1. The van der Waals surface area contributed by atoms with E-state index in [1.54, 1.807) is 19.2 Å². The molecule has 0 aromatic heterocycles. The van der Waals surface area contributed by atoms with Gasteiger partial charge in [-0.1, -0.05) is 54.6 Å². The third-order valence-electron chi connectivity index (χ3n) is 4.20. The smallest absolute Gasteiger partial charge is 0.251 e. The number of amides is 1. The van der Waals surface area contributed by atoms with Crippen LogP contribution in [0, 0.1) is 0 Å². The Morgan fingerprint density at radius 1 is 0.852 bits per heavy atom. The molecule has 0 aliphatic heterocycles. The fourth-order valence-electron chi connectivity index (χ4n) is 2.74.